The number of furan rings is 1. The number of aliphatic hydroxyl groups is 2. The number of carbonyl (C=O) groups excluding carboxylic acids is 7. The second kappa shape index (κ2) is 45.0. The summed E-state index contributed by atoms with van der Waals surface area (Å²) < 4.78 is 40.2. The Morgan fingerprint density at radius 3 is 1.42 bits per heavy atom. The Balaban J connectivity index is 0.000000279. The summed E-state index contributed by atoms with van der Waals surface area (Å²) in [6.07, 6.45) is 4.15. The summed E-state index contributed by atoms with van der Waals surface area (Å²) >= 11 is 3.15. The van der Waals surface area contributed by atoms with Gasteiger partial charge in [-0.3, -0.25) is 42.8 Å². The van der Waals surface area contributed by atoms with Crippen LogP contribution in [0.15, 0.2) is 119 Å². The van der Waals surface area contributed by atoms with Gasteiger partial charge in [0.2, 0.25) is 35.5 Å². The number of β-amino-alcohol motifs (C(OH)–C–C–N with tert-alkyl or cyclic N) is 2. The predicted octanol–water partition coefficient (Wildman–Crippen LogP) is 9.04. The van der Waals surface area contributed by atoms with E-state index in [0.717, 1.165) is 79.1 Å². The molecule has 3 aromatic carbocycles. The highest BCUT2D eigenvalue weighted by atomic mass is 32.1. The zero-order valence-corrected chi connectivity index (χ0v) is 70.8. The number of rotatable bonds is 43. The minimum absolute atomic E-state index is 0.00237. The molecule has 5 aromatic heterocycles. The van der Waals surface area contributed by atoms with Crippen LogP contribution in [0.3, 0.4) is 0 Å². The lowest BCUT2D eigenvalue weighted by molar-refractivity contribution is -0.146. The Bertz CT molecular complexity index is 4580. The number of hydrogen-bond acceptors (Lipinski definition) is 26. The Morgan fingerprint density at radius 2 is 0.992 bits per heavy atom. The number of piperazine rings is 1. The number of ether oxygens (including phenoxy) is 6. The Labute approximate surface area is 701 Å². The summed E-state index contributed by atoms with van der Waals surface area (Å²) in [5.41, 5.74) is 12.0. The number of Topliss-reactive ketones (excluding diaryl/α,β-unsaturated/α-hetero) is 2. The quantitative estimate of drug-likeness (QED) is 0.0194. The van der Waals surface area contributed by atoms with Crippen molar-refractivity contribution in [2.24, 2.45) is 22.7 Å². The van der Waals surface area contributed by atoms with E-state index in [9.17, 15) is 48.6 Å². The third-order valence-electron chi connectivity index (χ3n) is 21.1. The molecule has 0 bridgehead atoms. The van der Waals surface area contributed by atoms with E-state index in [4.69, 9.17) is 37.9 Å². The van der Waals surface area contributed by atoms with Crippen molar-refractivity contribution in [3.63, 3.8) is 0 Å². The number of hydrogen-bond donors (Lipinski definition) is 6. The van der Waals surface area contributed by atoms with E-state index in [2.05, 4.69) is 70.3 Å². The number of aromatic nitrogens is 6. The smallest absolute Gasteiger partial charge is 0.305 e. The second-order valence-corrected chi connectivity index (χ2v) is 33.6. The number of thiazole rings is 2. The van der Waals surface area contributed by atoms with Gasteiger partial charge in [0, 0.05) is 120 Å². The molecular formula is C86H113N13O18S2. The van der Waals surface area contributed by atoms with Crippen LogP contribution in [-0.4, -0.2) is 249 Å². The molecule has 6 atom stereocenters. The molecule has 0 aliphatic carbocycles. The molecule has 8 aromatic rings. The molecule has 0 spiro atoms. The number of ketones is 2. The molecule has 642 valence electrons. The first-order valence-electron chi connectivity index (χ1n) is 40.5. The molecular weight excluding hydrogens is 1570 g/mol. The van der Waals surface area contributed by atoms with Gasteiger partial charge in [-0.2, -0.15) is 0 Å². The van der Waals surface area contributed by atoms with Crippen LogP contribution in [0.1, 0.15) is 121 Å². The largest absolute Gasteiger partial charge is 0.481 e. The van der Waals surface area contributed by atoms with Gasteiger partial charge in [-0.1, -0.05) is 102 Å². The first-order valence-corrected chi connectivity index (χ1v) is 42.3. The molecule has 3 aliphatic rings. The van der Waals surface area contributed by atoms with Gasteiger partial charge in [-0.25, -0.2) is 15.0 Å². The summed E-state index contributed by atoms with van der Waals surface area (Å²) in [5.74, 6) is -2.36. The Kier molecular flexibility index (Phi) is 34.6. The van der Waals surface area contributed by atoms with E-state index in [1.807, 2.05) is 136 Å². The van der Waals surface area contributed by atoms with Crippen molar-refractivity contribution in [1.29, 1.82) is 0 Å². The molecule has 33 heteroatoms. The molecule has 119 heavy (non-hydrogen) atoms. The lowest BCUT2D eigenvalue weighted by Gasteiger charge is -2.36. The average molecular weight is 1680 g/mol. The highest BCUT2D eigenvalue weighted by Crippen LogP contribution is 2.37. The Morgan fingerprint density at radius 1 is 0.546 bits per heavy atom. The van der Waals surface area contributed by atoms with Gasteiger partial charge in [0.15, 0.2) is 5.65 Å². The van der Waals surface area contributed by atoms with Crippen LogP contribution in [0, 0.1) is 36.5 Å². The molecule has 11 rings (SSSR count). The average Bonchev–Trinajstić information content (AvgIpc) is 1.73. The highest BCUT2D eigenvalue weighted by molar-refractivity contribution is 7.13. The number of anilines is 2. The Hall–Kier alpha value is -9.81. The number of carboxylic acid groups (broad SMARTS) is 1. The fourth-order valence-corrected chi connectivity index (χ4v) is 15.9. The number of nitrogens with zero attached hydrogens (tertiary/aromatic N) is 10. The predicted molar refractivity (Wildman–Crippen MR) is 448 cm³/mol. The normalized spacial score (nSPS) is 16.8. The van der Waals surface area contributed by atoms with E-state index in [-0.39, 0.29) is 158 Å². The minimum atomic E-state index is -0.916. The number of carbonyl (C=O) groups is 8. The molecule has 3 saturated heterocycles. The molecule has 5 amide bonds. The van der Waals surface area contributed by atoms with E-state index >= 15 is 0 Å². The number of aryl methyl sites for hydroxylation is 2. The van der Waals surface area contributed by atoms with E-state index in [1.54, 1.807) is 41.5 Å². The molecule has 3 aliphatic heterocycles. The highest BCUT2D eigenvalue weighted by Gasteiger charge is 2.46. The maximum atomic E-state index is 14.0. The third-order valence-corrected chi connectivity index (χ3v) is 23.1. The second-order valence-electron chi connectivity index (χ2n) is 31.9. The van der Waals surface area contributed by atoms with Gasteiger partial charge in [-0.05, 0) is 76.8 Å². The SMILES string of the molecule is Cc1ncsc1-c1ccc(CNC(=O)[C@@H]2C[C@@H](O)CN2C(=O)[C@@H](CC(=O)CCOCCOCCOCCC(=O)N2CCN(c3ccc(-c4cnc(NCc5ccco5)n5cnnc45)cc3)CC2)C(C)(C)C)cc1.Cc1ncsc1-c1ccc(CNC(=O)[C@@H]2C[C@@H](O)CN2C(=O)[C@@H](CC(=O)CCOCCOCCOCCC(=O)O)C(C)(C)C)cc1. The molecule has 0 unspecified atom stereocenters. The van der Waals surface area contributed by atoms with Crippen LogP contribution in [-0.2, 0) is 86.4 Å². The number of aliphatic carboxylic acids is 1. The number of likely N-dealkylation sites (tertiary alicyclic amines) is 2. The number of amides is 5. The standard InChI is InChI=1S/C53H66N10O9S.C33H47N3O9S/c1-36-48(73-35-57-36)39-9-7-37(8-10-39)30-54-50(67)46-29-42(65)33-62(46)51(68)45(53(2,3)4)28-41(64)15-22-69-24-26-71-27-25-70-23-16-47(66)61-19-17-60(18-20-61)40-13-11-38(12-14-40)44-32-56-52(63-34-58-59-49(44)63)55-31-43-6-5-21-72-43;1-22-30(46-21-35-22)24-7-5-23(6-8-24)19-34-31(41)28-18-26(38)20-36(28)32(42)27(33(2,3)4)17-25(37)9-11-43-13-15-45-16-14-44-12-10-29(39)40/h5-14,21,32,34-35,42,45-46,65H,15-20,22-31,33H2,1-4H3,(H,54,67)(H,55,56);5-8,21,26-28,38H,9-20H2,1-4H3,(H,34,41)(H,39,40)/t42-,45-,46+;26-,27-,28+/m11/s1. The van der Waals surface area contributed by atoms with Crippen molar-refractivity contribution in [3.8, 4) is 32.0 Å². The van der Waals surface area contributed by atoms with Crippen LogP contribution in [0.2, 0.25) is 0 Å². The summed E-state index contributed by atoms with van der Waals surface area (Å²) in [4.78, 5) is 127. The topological polar surface area (TPSA) is 384 Å². The lowest BCUT2D eigenvalue weighted by atomic mass is 9.76. The zero-order valence-electron chi connectivity index (χ0n) is 69.2. The third kappa shape index (κ3) is 27.4. The monoisotopic (exact) mass is 1680 g/mol. The molecule has 3 fully saturated rings. The lowest BCUT2D eigenvalue weighted by Crippen LogP contribution is -2.50. The number of carboxylic acids is 1. The number of aliphatic hydroxyl groups excluding tert-OH is 2. The van der Waals surface area contributed by atoms with Gasteiger partial charge in [-0.15, -0.1) is 32.9 Å². The van der Waals surface area contributed by atoms with Gasteiger partial charge < -0.3 is 83.7 Å². The molecule has 31 nitrogen and oxygen atoms in total. The van der Waals surface area contributed by atoms with Crippen LogP contribution in [0.5, 0.6) is 0 Å². The van der Waals surface area contributed by atoms with Gasteiger partial charge in [0.1, 0.15) is 35.7 Å². The van der Waals surface area contributed by atoms with Crippen LogP contribution in [0.4, 0.5) is 11.6 Å². The van der Waals surface area contributed by atoms with Crippen LogP contribution >= 0.6 is 22.7 Å². The van der Waals surface area contributed by atoms with Gasteiger partial charge >= 0.3 is 5.97 Å². The van der Waals surface area contributed by atoms with Crippen molar-refractivity contribution >= 4 is 87.0 Å². The van der Waals surface area contributed by atoms with Crippen molar-refractivity contribution in [3.05, 3.63) is 143 Å². The summed E-state index contributed by atoms with van der Waals surface area (Å²) in [6, 6.07) is 26.1. The molecule has 6 N–H and O–H groups in total. The maximum absolute atomic E-state index is 14.0. The van der Waals surface area contributed by atoms with Gasteiger partial charge in [0.05, 0.1) is 149 Å². The first-order chi connectivity index (χ1) is 57.2. The summed E-state index contributed by atoms with van der Waals surface area (Å²) in [5, 5.41) is 47.2. The van der Waals surface area contributed by atoms with E-state index in [0.29, 0.717) is 70.9 Å². The first kappa shape index (κ1) is 91.5. The zero-order chi connectivity index (χ0) is 85.0. The molecule has 0 saturated carbocycles. The number of fused-ring (bicyclic) bond motifs is 1. The van der Waals surface area contributed by atoms with E-state index in [1.165, 1.54) is 9.80 Å². The van der Waals surface area contributed by atoms with Crippen LogP contribution in [0.25, 0.3) is 37.7 Å². The fraction of sp³-hybridized carbons (Fsp3) is 0.523. The number of benzene rings is 3. The molecule has 0 radical (unpaired) electrons. The van der Waals surface area contributed by atoms with Crippen molar-refractivity contribution in [2.45, 2.75) is 151 Å². The van der Waals surface area contributed by atoms with E-state index < -0.39 is 52.9 Å². The fourth-order valence-electron chi connectivity index (χ4n) is 14.3. The van der Waals surface area contributed by atoms with Crippen molar-refractivity contribution < 1.29 is 86.5 Å². The maximum Gasteiger partial charge on any atom is 0.305 e. The number of nitrogens with one attached hydrogen (secondary N) is 3. The van der Waals surface area contributed by atoms with Crippen molar-refractivity contribution in [2.75, 3.05) is 129 Å². The molecule has 8 heterocycles. The van der Waals surface area contributed by atoms with Gasteiger partial charge in [0.25, 0.3) is 0 Å². The summed E-state index contributed by atoms with van der Waals surface area (Å²) in [7, 11) is 0. The summed E-state index contributed by atoms with van der Waals surface area (Å²) in [6.45, 7) is 22.3. The van der Waals surface area contributed by atoms with Crippen molar-refractivity contribution in [1.82, 2.24) is 54.9 Å². The minimum Gasteiger partial charge on any atom is -0.481 e. The van der Waals surface area contributed by atoms with Crippen LogP contribution < -0.4 is 20.9 Å².